The second-order valence-electron chi connectivity index (χ2n) is 6.94. The SMILES string of the molecule is O=C1CN(C(=O)CN2CCOC3(CCCOC3)C2)c2ccccc2N1. The summed E-state index contributed by atoms with van der Waals surface area (Å²) in [6, 6.07) is 7.40. The van der Waals surface area contributed by atoms with Gasteiger partial charge in [-0.1, -0.05) is 12.1 Å². The van der Waals surface area contributed by atoms with Gasteiger partial charge in [0.05, 0.1) is 31.1 Å². The predicted octanol–water partition coefficient (Wildman–Crippen LogP) is 0.853. The number of amides is 2. The fourth-order valence-corrected chi connectivity index (χ4v) is 3.86. The summed E-state index contributed by atoms with van der Waals surface area (Å²) in [5, 5.41) is 2.81. The molecule has 2 amide bonds. The average Bonchev–Trinajstić information content (AvgIpc) is 2.61. The Labute approximate surface area is 146 Å². The van der Waals surface area contributed by atoms with E-state index in [4.69, 9.17) is 9.47 Å². The van der Waals surface area contributed by atoms with Gasteiger partial charge in [-0.15, -0.1) is 0 Å². The smallest absolute Gasteiger partial charge is 0.244 e. The standard InChI is InChI=1S/C18H23N3O4/c22-16-10-21(15-5-2-1-4-14(15)19-16)17(23)11-20-7-9-25-18(12-20)6-3-8-24-13-18/h1-2,4-5H,3,6-13H2,(H,19,22). The molecule has 2 fully saturated rings. The number of anilines is 2. The zero-order valence-electron chi connectivity index (χ0n) is 14.2. The molecule has 1 spiro atoms. The van der Waals surface area contributed by atoms with Crippen LogP contribution >= 0.6 is 0 Å². The van der Waals surface area contributed by atoms with E-state index in [0.717, 1.165) is 31.7 Å². The van der Waals surface area contributed by atoms with Crippen molar-refractivity contribution in [1.82, 2.24) is 4.90 Å². The highest BCUT2D eigenvalue weighted by Gasteiger charge is 2.39. The minimum Gasteiger partial charge on any atom is -0.378 e. The molecule has 0 saturated carbocycles. The molecule has 2 saturated heterocycles. The summed E-state index contributed by atoms with van der Waals surface area (Å²) >= 11 is 0. The first-order chi connectivity index (χ1) is 12.2. The van der Waals surface area contributed by atoms with Crippen molar-refractivity contribution in [2.75, 3.05) is 56.2 Å². The van der Waals surface area contributed by atoms with Crippen molar-refractivity contribution < 1.29 is 19.1 Å². The van der Waals surface area contributed by atoms with E-state index >= 15 is 0 Å². The van der Waals surface area contributed by atoms with Crippen LogP contribution in [0.1, 0.15) is 12.8 Å². The fourth-order valence-electron chi connectivity index (χ4n) is 3.86. The highest BCUT2D eigenvalue weighted by Crippen LogP contribution is 2.30. The number of fused-ring (bicyclic) bond motifs is 1. The molecule has 0 aromatic heterocycles. The van der Waals surface area contributed by atoms with Gasteiger partial charge in [0.25, 0.3) is 0 Å². The summed E-state index contributed by atoms with van der Waals surface area (Å²) in [5.41, 5.74) is 1.16. The molecule has 4 rings (SSSR count). The number of rotatable bonds is 2. The van der Waals surface area contributed by atoms with E-state index in [1.807, 2.05) is 24.3 Å². The molecule has 0 radical (unpaired) electrons. The molecule has 3 aliphatic heterocycles. The molecular weight excluding hydrogens is 322 g/mol. The first kappa shape index (κ1) is 16.5. The Morgan fingerprint density at radius 2 is 2.16 bits per heavy atom. The van der Waals surface area contributed by atoms with Crippen molar-refractivity contribution in [3.63, 3.8) is 0 Å². The van der Waals surface area contributed by atoms with Crippen LogP contribution in [0.5, 0.6) is 0 Å². The maximum absolute atomic E-state index is 12.9. The minimum absolute atomic E-state index is 0.0592. The molecule has 1 unspecified atom stereocenters. The van der Waals surface area contributed by atoms with Gasteiger partial charge < -0.3 is 14.8 Å². The quantitative estimate of drug-likeness (QED) is 0.861. The molecule has 3 heterocycles. The molecule has 0 aliphatic carbocycles. The number of ether oxygens (including phenoxy) is 2. The average molecular weight is 345 g/mol. The van der Waals surface area contributed by atoms with Crippen LogP contribution in [0.3, 0.4) is 0 Å². The maximum Gasteiger partial charge on any atom is 0.244 e. The third-order valence-corrected chi connectivity index (χ3v) is 5.04. The largest absolute Gasteiger partial charge is 0.378 e. The third kappa shape index (κ3) is 3.40. The lowest BCUT2D eigenvalue weighted by Gasteiger charge is -2.44. The van der Waals surface area contributed by atoms with Crippen molar-refractivity contribution in [2.24, 2.45) is 0 Å². The van der Waals surface area contributed by atoms with Crippen molar-refractivity contribution in [3.8, 4) is 0 Å². The maximum atomic E-state index is 12.9. The summed E-state index contributed by atoms with van der Waals surface area (Å²) in [6.07, 6.45) is 1.95. The van der Waals surface area contributed by atoms with Crippen LogP contribution in [-0.4, -0.2) is 68.3 Å². The minimum atomic E-state index is -0.284. The lowest BCUT2D eigenvalue weighted by atomic mass is 9.94. The van der Waals surface area contributed by atoms with E-state index in [9.17, 15) is 9.59 Å². The monoisotopic (exact) mass is 345 g/mol. The highest BCUT2D eigenvalue weighted by molar-refractivity contribution is 6.10. The van der Waals surface area contributed by atoms with Crippen LogP contribution < -0.4 is 10.2 Å². The van der Waals surface area contributed by atoms with Crippen molar-refractivity contribution in [1.29, 1.82) is 0 Å². The van der Waals surface area contributed by atoms with Gasteiger partial charge in [-0.2, -0.15) is 0 Å². The number of benzene rings is 1. The number of nitrogens with zero attached hydrogens (tertiary/aromatic N) is 2. The van der Waals surface area contributed by atoms with Crippen LogP contribution in [0.2, 0.25) is 0 Å². The first-order valence-electron chi connectivity index (χ1n) is 8.79. The van der Waals surface area contributed by atoms with Crippen LogP contribution in [0.25, 0.3) is 0 Å². The van der Waals surface area contributed by atoms with Gasteiger partial charge in [0, 0.05) is 19.7 Å². The molecule has 25 heavy (non-hydrogen) atoms. The Morgan fingerprint density at radius 1 is 1.28 bits per heavy atom. The van der Waals surface area contributed by atoms with Crippen LogP contribution in [0, 0.1) is 0 Å². The Morgan fingerprint density at radius 3 is 3.00 bits per heavy atom. The van der Waals surface area contributed by atoms with Crippen LogP contribution in [-0.2, 0) is 19.1 Å². The second kappa shape index (κ2) is 6.74. The molecule has 0 bridgehead atoms. The van der Waals surface area contributed by atoms with Gasteiger partial charge in [-0.05, 0) is 25.0 Å². The fraction of sp³-hybridized carbons (Fsp3) is 0.556. The molecule has 3 aliphatic rings. The number of hydrogen-bond acceptors (Lipinski definition) is 5. The lowest BCUT2D eigenvalue weighted by molar-refractivity contribution is -0.169. The molecule has 1 aromatic rings. The Balaban J connectivity index is 1.46. The van der Waals surface area contributed by atoms with Gasteiger partial charge in [0.15, 0.2) is 0 Å². The number of carbonyl (C=O) groups is 2. The molecule has 1 N–H and O–H groups in total. The van der Waals surface area contributed by atoms with Crippen LogP contribution in [0.15, 0.2) is 24.3 Å². The van der Waals surface area contributed by atoms with Gasteiger partial charge >= 0.3 is 0 Å². The Hall–Kier alpha value is -1.96. The second-order valence-corrected chi connectivity index (χ2v) is 6.94. The van der Waals surface area contributed by atoms with E-state index < -0.39 is 0 Å². The van der Waals surface area contributed by atoms with Gasteiger partial charge in [0.2, 0.25) is 11.8 Å². The summed E-state index contributed by atoms with van der Waals surface area (Å²) < 4.78 is 11.6. The van der Waals surface area contributed by atoms with E-state index in [1.54, 1.807) is 4.90 Å². The van der Waals surface area contributed by atoms with Gasteiger partial charge in [0.1, 0.15) is 12.1 Å². The zero-order valence-corrected chi connectivity index (χ0v) is 14.2. The summed E-state index contributed by atoms with van der Waals surface area (Å²) in [7, 11) is 0. The summed E-state index contributed by atoms with van der Waals surface area (Å²) in [5.74, 6) is -0.220. The van der Waals surface area contributed by atoms with E-state index in [-0.39, 0.29) is 30.5 Å². The molecule has 7 nitrogen and oxygen atoms in total. The first-order valence-corrected chi connectivity index (χ1v) is 8.79. The van der Waals surface area contributed by atoms with Crippen LogP contribution in [0.4, 0.5) is 11.4 Å². The van der Waals surface area contributed by atoms with E-state index in [1.165, 1.54) is 0 Å². The predicted molar refractivity (Wildman–Crippen MR) is 92.6 cm³/mol. The number of nitrogens with one attached hydrogen (secondary N) is 1. The number of para-hydroxylation sites is 2. The lowest BCUT2D eigenvalue weighted by Crippen LogP contribution is -2.58. The van der Waals surface area contributed by atoms with Crippen molar-refractivity contribution in [3.05, 3.63) is 24.3 Å². The number of hydrogen-bond donors (Lipinski definition) is 1. The molecular formula is C18H23N3O4. The topological polar surface area (TPSA) is 71.1 Å². The van der Waals surface area contributed by atoms with Gasteiger partial charge in [-0.25, -0.2) is 0 Å². The molecule has 134 valence electrons. The Kier molecular flexibility index (Phi) is 4.45. The van der Waals surface area contributed by atoms with E-state index in [2.05, 4.69) is 10.2 Å². The van der Waals surface area contributed by atoms with Crippen molar-refractivity contribution in [2.45, 2.75) is 18.4 Å². The van der Waals surface area contributed by atoms with E-state index in [0.29, 0.717) is 25.4 Å². The highest BCUT2D eigenvalue weighted by atomic mass is 16.5. The third-order valence-electron chi connectivity index (χ3n) is 5.04. The Bertz CT molecular complexity index is 667. The normalized spacial score (nSPS) is 27.0. The summed E-state index contributed by atoms with van der Waals surface area (Å²) in [4.78, 5) is 28.5. The van der Waals surface area contributed by atoms with Crippen molar-refractivity contribution >= 4 is 23.2 Å². The molecule has 7 heteroatoms. The number of morpholine rings is 1. The number of carbonyl (C=O) groups excluding carboxylic acids is 2. The molecule has 1 atom stereocenters. The molecule has 1 aromatic carbocycles. The zero-order chi connectivity index (χ0) is 17.3. The van der Waals surface area contributed by atoms with Gasteiger partial charge in [-0.3, -0.25) is 19.4 Å². The summed E-state index contributed by atoms with van der Waals surface area (Å²) in [6.45, 7) is 3.74.